The van der Waals surface area contributed by atoms with Crippen LogP contribution in [0, 0.1) is 5.92 Å². The van der Waals surface area contributed by atoms with Crippen molar-refractivity contribution in [2.75, 3.05) is 38.6 Å². The number of amides is 1. The fourth-order valence-electron chi connectivity index (χ4n) is 3.55. The van der Waals surface area contributed by atoms with Gasteiger partial charge in [0.2, 0.25) is 5.91 Å². The molecule has 0 aliphatic carbocycles. The van der Waals surface area contributed by atoms with Crippen LogP contribution < -0.4 is 15.8 Å². The van der Waals surface area contributed by atoms with Gasteiger partial charge in [0.05, 0.1) is 19.3 Å². The van der Waals surface area contributed by atoms with Crippen LogP contribution in [-0.2, 0) is 4.79 Å². The van der Waals surface area contributed by atoms with Crippen molar-refractivity contribution in [1.82, 2.24) is 4.90 Å². The summed E-state index contributed by atoms with van der Waals surface area (Å²) in [6.45, 7) is 2.68. The van der Waals surface area contributed by atoms with E-state index in [0.717, 1.165) is 13.1 Å². The number of nitrogens with zero attached hydrogens (tertiary/aromatic N) is 1. The lowest BCUT2D eigenvalue weighted by atomic mass is 9.89. The number of nitrogens with one attached hydrogen (secondary N) is 1. The SMILES string of the molecule is COc1ccccc1NC(=O)CN1C[C@@H](CN)[C@H](c2ccccc2)C1.Cl. The molecule has 0 radical (unpaired) electrons. The lowest BCUT2D eigenvalue weighted by Crippen LogP contribution is -2.32. The molecule has 0 spiro atoms. The highest BCUT2D eigenvalue weighted by Crippen LogP contribution is 2.32. The molecule has 1 amide bonds. The van der Waals surface area contributed by atoms with E-state index in [1.165, 1.54) is 5.56 Å². The van der Waals surface area contributed by atoms with Gasteiger partial charge in [0.25, 0.3) is 0 Å². The fraction of sp³-hybridized carbons (Fsp3) is 0.350. The number of para-hydroxylation sites is 2. The first-order valence-electron chi connectivity index (χ1n) is 8.61. The first-order valence-corrected chi connectivity index (χ1v) is 8.61. The molecule has 1 fully saturated rings. The van der Waals surface area contributed by atoms with Crippen molar-refractivity contribution < 1.29 is 9.53 Å². The van der Waals surface area contributed by atoms with Crippen LogP contribution in [0.4, 0.5) is 5.69 Å². The molecule has 0 aromatic heterocycles. The summed E-state index contributed by atoms with van der Waals surface area (Å²) in [5.74, 6) is 1.39. The van der Waals surface area contributed by atoms with Gasteiger partial charge in [-0.3, -0.25) is 9.69 Å². The number of nitrogens with two attached hydrogens (primary N) is 1. The first kappa shape index (κ1) is 20.2. The van der Waals surface area contributed by atoms with Gasteiger partial charge < -0.3 is 15.8 Å². The molecule has 2 aromatic carbocycles. The predicted molar refractivity (Wildman–Crippen MR) is 107 cm³/mol. The number of likely N-dealkylation sites (tertiary alicyclic amines) is 1. The number of anilines is 1. The highest BCUT2D eigenvalue weighted by Gasteiger charge is 2.33. The number of hydrogen-bond donors (Lipinski definition) is 2. The molecule has 6 heteroatoms. The summed E-state index contributed by atoms with van der Waals surface area (Å²) in [6, 6.07) is 17.9. The molecule has 1 saturated heterocycles. The molecule has 2 atom stereocenters. The maximum absolute atomic E-state index is 12.4. The zero-order valence-corrected chi connectivity index (χ0v) is 15.7. The van der Waals surface area contributed by atoms with Crippen LogP contribution in [0.15, 0.2) is 54.6 Å². The lowest BCUT2D eigenvalue weighted by Gasteiger charge is -2.17. The highest BCUT2D eigenvalue weighted by molar-refractivity contribution is 5.93. The standard InChI is InChI=1S/C20H25N3O2.ClH/c1-25-19-10-6-5-9-18(19)22-20(24)14-23-12-16(11-21)17(13-23)15-7-3-2-4-8-15;/h2-10,16-17H,11-14,21H2,1H3,(H,22,24);1H/t16-,17+;/m1./s1. The lowest BCUT2D eigenvalue weighted by molar-refractivity contribution is -0.117. The van der Waals surface area contributed by atoms with E-state index < -0.39 is 0 Å². The molecular formula is C20H26ClN3O2. The minimum absolute atomic E-state index is 0. The molecule has 2 aromatic rings. The number of rotatable bonds is 6. The molecule has 1 aliphatic rings. The van der Waals surface area contributed by atoms with Crippen molar-refractivity contribution in [1.29, 1.82) is 0 Å². The molecule has 140 valence electrons. The Balaban J connectivity index is 0.00000243. The Bertz CT molecular complexity index is 711. The maximum atomic E-state index is 12.4. The monoisotopic (exact) mass is 375 g/mol. The van der Waals surface area contributed by atoms with E-state index in [9.17, 15) is 4.79 Å². The highest BCUT2D eigenvalue weighted by atomic mass is 35.5. The third-order valence-corrected chi connectivity index (χ3v) is 4.80. The number of carbonyl (C=O) groups is 1. The normalized spacial score (nSPS) is 19.6. The van der Waals surface area contributed by atoms with Crippen molar-refractivity contribution >= 4 is 24.0 Å². The molecule has 0 bridgehead atoms. The third kappa shape index (κ3) is 4.75. The Morgan fingerprint density at radius 3 is 2.54 bits per heavy atom. The van der Waals surface area contributed by atoms with Crippen molar-refractivity contribution in [2.45, 2.75) is 5.92 Å². The molecule has 26 heavy (non-hydrogen) atoms. The number of carbonyl (C=O) groups excluding carboxylic acids is 1. The molecule has 3 rings (SSSR count). The molecular weight excluding hydrogens is 350 g/mol. The van der Waals surface area contributed by atoms with Gasteiger partial charge in [0.1, 0.15) is 5.75 Å². The number of methoxy groups -OCH3 is 1. The van der Waals surface area contributed by atoms with E-state index in [2.05, 4.69) is 34.5 Å². The van der Waals surface area contributed by atoms with Gasteiger partial charge in [-0.15, -0.1) is 12.4 Å². The first-order chi connectivity index (χ1) is 12.2. The van der Waals surface area contributed by atoms with Gasteiger partial charge in [-0.05, 0) is 30.2 Å². The molecule has 1 aliphatic heterocycles. The maximum Gasteiger partial charge on any atom is 0.238 e. The second-order valence-electron chi connectivity index (χ2n) is 6.46. The second kappa shape index (κ2) is 9.57. The molecule has 5 nitrogen and oxygen atoms in total. The van der Waals surface area contributed by atoms with Gasteiger partial charge in [0.15, 0.2) is 0 Å². The summed E-state index contributed by atoms with van der Waals surface area (Å²) in [7, 11) is 1.60. The van der Waals surface area contributed by atoms with Crippen molar-refractivity contribution in [3.8, 4) is 5.75 Å². The zero-order valence-electron chi connectivity index (χ0n) is 14.9. The van der Waals surface area contributed by atoms with Crippen LogP contribution in [0.1, 0.15) is 11.5 Å². The summed E-state index contributed by atoms with van der Waals surface area (Å²) in [4.78, 5) is 14.6. The smallest absolute Gasteiger partial charge is 0.238 e. The Labute approximate surface area is 160 Å². The summed E-state index contributed by atoms with van der Waals surface area (Å²) in [5, 5.41) is 2.94. The third-order valence-electron chi connectivity index (χ3n) is 4.80. The summed E-state index contributed by atoms with van der Waals surface area (Å²) < 4.78 is 5.28. The van der Waals surface area contributed by atoms with Gasteiger partial charge in [-0.1, -0.05) is 42.5 Å². The largest absolute Gasteiger partial charge is 0.495 e. The van der Waals surface area contributed by atoms with Crippen molar-refractivity contribution in [3.63, 3.8) is 0 Å². The van der Waals surface area contributed by atoms with Crippen molar-refractivity contribution in [3.05, 3.63) is 60.2 Å². The van der Waals surface area contributed by atoms with E-state index in [0.29, 0.717) is 36.4 Å². The average Bonchev–Trinajstić information content (AvgIpc) is 3.05. The molecule has 3 N–H and O–H groups in total. The quantitative estimate of drug-likeness (QED) is 0.814. The number of hydrogen-bond acceptors (Lipinski definition) is 4. The number of halogens is 1. The number of ether oxygens (including phenoxy) is 1. The van der Waals surface area contributed by atoms with E-state index in [-0.39, 0.29) is 18.3 Å². The van der Waals surface area contributed by atoms with Crippen LogP contribution >= 0.6 is 12.4 Å². The van der Waals surface area contributed by atoms with E-state index >= 15 is 0 Å². The summed E-state index contributed by atoms with van der Waals surface area (Å²) in [6.07, 6.45) is 0. The Morgan fingerprint density at radius 2 is 1.85 bits per heavy atom. The molecule has 0 saturated carbocycles. The van der Waals surface area contributed by atoms with Crippen LogP contribution in [0.2, 0.25) is 0 Å². The van der Waals surface area contributed by atoms with Crippen LogP contribution in [0.25, 0.3) is 0 Å². The van der Waals surface area contributed by atoms with Gasteiger partial charge in [-0.2, -0.15) is 0 Å². The minimum Gasteiger partial charge on any atom is -0.495 e. The topological polar surface area (TPSA) is 67.6 Å². The Hall–Kier alpha value is -2.08. The summed E-state index contributed by atoms with van der Waals surface area (Å²) >= 11 is 0. The zero-order chi connectivity index (χ0) is 17.6. The second-order valence-corrected chi connectivity index (χ2v) is 6.46. The average molecular weight is 376 g/mol. The predicted octanol–water partition coefficient (Wildman–Crippen LogP) is 2.73. The van der Waals surface area contributed by atoms with Crippen LogP contribution in [-0.4, -0.2) is 44.1 Å². The van der Waals surface area contributed by atoms with E-state index in [1.54, 1.807) is 7.11 Å². The number of benzene rings is 2. The van der Waals surface area contributed by atoms with Crippen LogP contribution in [0.3, 0.4) is 0 Å². The van der Waals surface area contributed by atoms with Gasteiger partial charge in [-0.25, -0.2) is 0 Å². The Kier molecular flexibility index (Phi) is 7.45. The summed E-state index contributed by atoms with van der Waals surface area (Å²) in [5.41, 5.74) is 7.97. The molecule has 0 unspecified atom stereocenters. The minimum atomic E-state index is -0.0333. The van der Waals surface area contributed by atoms with Crippen LogP contribution in [0.5, 0.6) is 5.75 Å². The fourth-order valence-corrected chi connectivity index (χ4v) is 3.55. The molecule has 1 heterocycles. The Morgan fingerprint density at radius 1 is 1.15 bits per heavy atom. The van der Waals surface area contributed by atoms with Crippen molar-refractivity contribution in [2.24, 2.45) is 11.7 Å². The van der Waals surface area contributed by atoms with E-state index in [4.69, 9.17) is 10.5 Å². The van der Waals surface area contributed by atoms with Gasteiger partial charge in [0, 0.05) is 19.0 Å². The van der Waals surface area contributed by atoms with E-state index in [1.807, 2.05) is 30.3 Å². The van der Waals surface area contributed by atoms with Gasteiger partial charge >= 0.3 is 0 Å².